The third-order valence-corrected chi connectivity index (χ3v) is 3.50. The molecule has 0 saturated carbocycles. The first-order valence-corrected chi connectivity index (χ1v) is 7.09. The molecule has 1 amide bonds. The van der Waals surface area contributed by atoms with Crippen LogP contribution < -0.4 is 10.6 Å². The molecule has 0 aromatic carbocycles. The Morgan fingerprint density at radius 3 is 3.14 bits per heavy atom. The Labute approximate surface area is 123 Å². The number of aromatic nitrogens is 1. The molecule has 0 bridgehead atoms. The topological polar surface area (TPSA) is 66.5 Å². The van der Waals surface area contributed by atoms with E-state index in [0.717, 1.165) is 25.8 Å². The number of anilines is 1. The molecular formula is C14H21FN4O2. The van der Waals surface area contributed by atoms with E-state index in [4.69, 9.17) is 4.74 Å². The predicted octanol–water partition coefficient (Wildman–Crippen LogP) is 0.713. The Bertz CT molecular complexity index is 498. The van der Waals surface area contributed by atoms with Crippen LogP contribution in [0.15, 0.2) is 12.3 Å². The minimum Gasteiger partial charge on any atom is -0.374 e. The fraction of sp³-hybridized carbons (Fsp3) is 0.571. The van der Waals surface area contributed by atoms with Crippen molar-refractivity contribution in [3.8, 4) is 0 Å². The van der Waals surface area contributed by atoms with Gasteiger partial charge in [0.25, 0.3) is 5.91 Å². The maximum absolute atomic E-state index is 13.2. The lowest BCUT2D eigenvalue weighted by molar-refractivity contribution is -0.0246. The normalized spacial score (nSPS) is 19.3. The number of carbonyl (C=O) groups is 1. The monoisotopic (exact) mass is 296 g/mol. The first-order valence-electron chi connectivity index (χ1n) is 7.09. The van der Waals surface area contributed by atoms with Gasteiger partial charge in [0.05, 0.1) is 24.5 Å². The van der Waals surface area contributed by atoms with Gasteiger partial charge in [0.2, 0.25) is 0 Å². The maximum atomic E-state index is 13.2. The molecule has 1 unspecified atom stereocenters. The van der Waals surface area contributed by atoms with E-state index < -0.39 is 5.82 Å². The first kappa shape index (κ1) is 15.7. The van der Waals surface area contributed by atoms with Crippen LogP contribution in [0.25, 0.3) is 0 Å². The highest BCUT2D eigenvalue weighted by Gasteiger charge is 2.21. The van der Waals surface area contributed by atoms with E-state index in [-0.39, 0.29) is 17.6 Å². The molecule has 7 heteroatoms. The Kier molecular flexibility index (Phi) is 5.46. The van der Waals surface area contributed by atoms with Crippen LogP contribution in [0.2, 0.25) is 0 Å². The Morgan fingerprint density at radius 1 is 1.62 bits per heavy atom. The van der Waals surface area contributed by atoms with Gasteiger partial charge in [-0.15, -0.1) is 0 Å². The van der Waals surface area contributed by atoms with Gasteiger partial charge in [-0.1, -0.05) is 6.92 Å². The minimum absolute atomic E-state index is 0.0396. The molecule has 1 atom stereocenters. The SMILES string of the molecule is CCN1CCOC(CNC(=O)c2cc(F)cnc2NC)C1. The number of morpholine rings is 1. The number of ether oxygens (including phenoxy) is 1. The highest BCUT2D eigenvalue weighted by molar-refractivity contribution is 5.98. The molecular weight excluding hydrogens is 275 g/mol. The number of pyridine rings is 1. The summed E-state index contributed by atoms with van der Waals surface area (Å²) >= 11 is 0. The van der Waals surface area contributed by atoms with E-state index in [0.29, 0.717) is 19.0 Å². The average molecular weight is 296 g/mol. The summed E-state index contributed by atoms with van der Waals surface area (Å²) in [6.07, 6.45) is 1.04. The fourth-order valence-corrected chi connectivity index (χ4v) is 2.30. The van der Waals surface area contributed by atoms with E-state index in [1.54, 1.807) is 7.05 Å². The van der Waals surface area contributed by atoms with Crippen LogP contribution in [0.4, 0.5) is 10.2 Å². The summed E-state index contributed by atoms with van der Waals surface area (Å²) < 4.78 is 18.8. The van der Waals surface area contributed by atoms with Gasteiger partial charge in [-0.05, 0) is 12.6 Å². The van der Waals surface area contributed by atoms with Gasteiger partial charge in [-0.25, -0.2) is 9.37 Å². The third-order valence-electron chi connectivity index (χ3n) is 3.50. The average Bonchev–Trinajstić information content (AvgIpc) is 2.52. The number of hydrogen-bond acceptors (Lipinski definition) is 5. The second-order valence-electron chi connectivity index (χ2n) is 4.90. The Hall–Kier alpha value is -1.73. The molecule has 1 aromatic rings. The van der Waals surface area contributed by atoms with Crippen molar-refractivity contribution in [1.29, 1.82) is 0 Å². The Morgan fingerprint density at radius 2 is 2.43 bits per heavy atom. The summed E-state index contributed by atoms with van der Waals surface area (Å²) in [5.74, 6) is -0.539. The van der Waals surface area contributed by atoms with Gasteiger partial charge in [0, 0.05) is 26.7 Å². The molecule has 2 heterocycles. The van der Waals surface area contributed by atoms with Gasteiger partial charge in [-0.3, -0.25) is 9.69 Å². The predicted molar refractivity (Wildman–Crippen MR) is 77.9 cm³/mol. The number of hydrogen-bond donors (Lipinski definition) is 2. The fourth-order valence-electron chi connectivity index (χ4n) is 2.30. The second kappa shape index (κ2) is 7.33. The zero-order valence-electron chi connectivity index (χ0n) is 12.4. The van der Waals surface area contributed by atoms with Crippen LogP contribution in [-0.4, -0.2) is 61.7 Å². The van der Waals surface area contributed by atoms with Crippen LogP contribution in [0.5, 0.6) is 0 Å². The number of rotatable bonds is 5. The van der Waals surface area contributed by atoms with Crippen LogP contribution in [0, 0.1) is 5.82 Å². The van der Waals surface area contributed by atoms with Crippen molar-refractivity contribution in [3.63, 3.8) is 0 Å². The van der Waals surface area contributed by atoms with Crippen molar-refractivity contribution < 1.29 is 13.9 Å². The highest BCUT2D eigenvalue weighted by Crippen LogP contribution is 2.13. The van der Waals surface area contributed by atoms with E-state index in [1.165, 1.54) is 6.07 Å². The summed E-state index contributed by atoms with van der Waals surface area (Å²) in [6.45, 7) is 5.83. The lowest BCUT2D eigenvalue weighted by atomic mass is 10.2. The summed E-state index contributed by atoms with van der Waals surface area (Å²) in [5.41, 5.74) is 0.195. The molecule has 0 spiro atoms. The maximum Gasteiger partial charge on any atom is 0.255 e. The number of likely N-dealkylation sites (N-methyl/N-ethyl adjacent to an activating group) is 1. The van der Waals surface area contributed by atoms with Crippen LogP contribution in [-0.2, 0) is 4.74 Å². The van der Waals surface area contributed by atoms with Crippen molar-refractivity contribution in [1.82, 2.24) is 15.2 Å². The number of halogens is 1. The molecule has 2 rings (SSSR count). The zero-order valence-corrected chi connectivity index (χ0v) is 12.4. The standard InChI is InChI=1S/C14H21FN4O2/c1-3-19-4-5-21-11(9-19)8-18-14(20)12-6-10(15)7-17-13(12)16-2/h6-7,11H,3-5,8-9H2,1-2H3,(H,16,17)(H,18,20). The molecule has 116 valence electrons. The van der Waals surface area contributed by atoms with Crippen LogP contribution in [0.1, 0.15) is 17.3 Å². The van der Waals surface area contributed by atoms with Crippen molar-refractivity contribution in [2.24, 2.45) is 0 Å². The van der Waals surface area contributed by atoms with Crippen molar-refractivity contribution in [2.75, 3.05) is 45.2 Å². The van der Waals surface area contributed by atoms with Crippen molar-refractivity contribution >= 4 is 11.7 Å². The molecule has 6 nitrogen and oxygen atoms in total. The highest BCUT2D eigenvalue weighted by atomic mass is 19.1. The van der Waals surface area contributed by atoms with Crippen LogP contribution in [0.3, 0.4) is 0 Å². The van der Waals surface area contributed by atoms with E-state index >= 15 is 0 Å². The molecule has 1 fully saturated rings. The lowest BCUT2D eigenvalue weighted by Gasteiger charge is -2.32. The smallest absolute Gasteiger partial charge is 0.255 e. The second-order valence-corrected chi connectivity index (χ2v) is 4.90. The minimum atomic E-state index is -0.537. The Balaban J connectivity index is 1.94. The largest absolute Gasteiger partial charge is 0.374 e. The number of amides is 1. The van der Waals surface area contributed by atoms with Gasteiger partial charge in [0.15, 0.2) is 0 Å². The summed E-state index contributed by atoms with van der Waals surface area (Å²) in [7, 11) is 1.64. The molecule has 0 radical (unpaired) electrons. The number of nitrogens with zero attached hydrogens (tertiary/aromatic N) is 2. The zero-order chi connectivity index (χ0) is 15.2. The molecule has 0 aliphatic carbocycles. The molecule has 2 N–H and O–H groups in total. The molecule has 1 aliphatic heterocycles. The lowest BCUT2D eigenvalue weighted by Crippen LogP contribution is -2.47. The van der Waals surface area contributed by atoms with Gasteiger partial charge in [0.1, 0.15) is 11.6 Å². The van der Waals surface area contributed by atoms with Gasteiger partial charge < -0.3 is 15.4 Å². The van der Waals surface area contributed by atoms with Crippen LogP contribution >= 0.6 is 0 Å². The van der Waals surface area contributed by atoms with Gasteiger partial charge >= 0.3 is 0 Å². The van der Waals surface area contributed by atoms with Crippen molar-refractivity contribution in [3.05, 3.63) is 23.6 Å². The summed E-state index contributed by atoms with van der Waals surface area (Å²) in [6, 6.07) is 1.17. The van der Waals surface area contributed by atoms with E-state index in [2.05, 4.69) is 27.4 Å². The van der Waals surface area contributed by atoms with E-state index in [1.807, 2.05) is 0 Å². The molecule has 1 saturated heterocycles. The first-order chi connectivity index (χ1) is 10.1. The van der Waals surface area contributed by atoms with Gasteiger partial charge in [-0.2, -0.15) is 0 Å². The summed E-state index contributed by atoms with van der Waals surface area (Å²) in [5, 5.41) is 5.56. The quantitative estimate of drug-likeness (QED) is 0.838. The number of nitrogens with one attached hydrogen (secondary N) is 2. The van der Waals surface area contributed by atoms with Crippen molar-refractivity contribution in [2.45, 2.75) is 13.0 Å². The van der Waals surface area contributed by atoms with E-state index in [9.17, 15) is 9.18 Å². The number of carbonyl (C=O) groups excluding carboxylic acids is 1. The molecule has 1 aromatic heterocycles. The molecule has 1 aliphatic rings. The molecule has 21 heavy (non-hydrogen) atoms. The third kappa shape index (κ3) is 4.12. The summed E-state index contributed by atoms with van der Waals surface area (Å²) in [4.78, 5) is 18.3.